The third-order valence-corrected chi connectivity index (χ3v) is 1.57. The highest BCUT2D eigenvalue weighted by atomic mass is 127. The number of hydrogen-bond donors (Lipinski definition) is 1. The van der Waals surface area contributed by atoms with Crippen LogP contribution in [0.4, 0.5) is 13.2 Å². The van der Waals surface area contributed by atoms with Crippen molar-refractivity contribution in [3.63, 3.8) is 0 Å². The summed E-state index contributed by atoms with van der Waals surface area (Å²) in [7, 11) is 0. The van der Waals surface area contributed by atoms with Crippen molar-refractivity contribution in [3.8, 4) is 0 Å². The quantitative estimate of drug-likeness (QED) is 0.609. The number of alkyl halides is 3. The molecule has 0 atom stereocenters. The fourth-order valence-corrected chi connectivity index (χ4v) is 0.860. The standard InChI is InChI=1S/C8H8F3N.HI/c9-8(10,11)7-3-1-6(5-12)2-4-7;/h1-4H,5,12H2;1H. The summed E-state index contributed by atoms with van der Waals surface area (Å²) >= 11 is 0. The molecule has 0 saturated carbocycles. The van der Waals surface area contributed by atoms with Crippen molar-refractivity contribution in [2.24, 2.45) is 0 Å². The van der Waals surface area contributed by atoms with Crippen molar-refractivity contribution in [1.29, 1.82) is 0 Å². The molecule has 0 aliphatic carbocycles. The Morgan fingerprint density at radius 2 is 1.54 bits per heavy atom. The van der Waals surface area contributed by atoms with Gasteiger partial charge in [0.15, 0.2) is 0 Å². The largest absolute Gasteiger partial charge is 1.00 e. The van der Waals surface area contributed by atoms with Gasteiger partial charge < -0.3 is 29.7 Å². The van der Waals surface area contributed by atoms with Crippen LogP contribution in [-0.2, 0) is 12.7 Å². The van der Waals surface area contributed by atoms with E-state index in [1.807, 2.05) is 0 Å². The first kappa shape index (κ1) is 12.7. The van der Waals surface area contributed by atoms with E-state index in [-0.39, 0.29) is 24.0 Å². The van der Waals surface area contributed by atoms with E-state index in [0.717, 1.165) is 17.7 Å². The lowest BCUT2D eigenvalue weighted by Crippen LogP contribution is -3.00. The molecule has 1 nitrogen and oxygen atoms in total. The van der Waals surface area contributed by atoms with Gasteiger partial charge in [-0.15, -0.1) is 0 Å². The zero-order chi connectivity index (χ0) is 9.19. The summed E-state index contributed by atoms with van der Waals surface area (Å²) in [6.45, 7) is 0.512. The van der Waals surface area contributed by atoms with Gasteiger partial charge in [0.25, 0.3) is 0 Å². The molecule has 0 radical (unpaired) electrons. The summed E-state index contributed by atoms with van der Waals surface area (Å²) in [6.07, 6.45) is -4.24. The van der Waals surface area contributed by atoms with E-state index in [4.69, 9.17) is 0 Å². The van der Waals surface area contributed by atoms with Gasteiger partial charge in [-0.05, 0) is 12.1 Å². The molecule has 0 amide bonds. The van der Waals surface area contributed by atoms with Crippen LogP contribution in [0.5, 0.6) is 0 Å². The Kier molecular flexibility index (Phi) is 4.69. The van der Waals surface area contributed by atoms with Gasteiger partial charge in [-0.3, -0.25) is 0 Å². The van der Waals surface area contributed by atoms with Crippen molar-refractivity contribution in [2.45, 2.75) is 12.7 Å². The Balaban J connectivity index is 0.00000144. The molecule has 0 heterocycles. The van der Waals surface area contributed by atoms with Gasteiger partial charge in [0.05, 0.1) is 12.1 Å². The molecule has 74 valence electrons. The summed E-state index contributed by atoms with van der Waals surface area (Å²) in [5.41, 5.74) is 3.76. The molecule has 0 bridgehead atoms. The Morgan fingerprint density at radius 3 is 1.85 bits per heavy atom. The van der Waals surface area contributed by atoms with Crippen molar-refractivity contribution in [3.05, 3.63) is 35.4 Å². The lowest BCUT2D eigenvalue weighted by molar-refractivity contribution is -0.386. The maximum atomic E-state index is 12.0. The van der Waals surface area contributed by atoms with Crippen molar-refractivity contribution in [1.82, 2.24) is 0 Å². The number of quaternary nitrogens is 1. The van der Waals surface area contributed by atoms with Gasteiger partial charge in [0.2, 0.25) is 0 Å². The van der Waals surface area contributed by atoms with Crippen molar-refractivity contribution >= 4 is 0 Å². The summed E-state index contributed by atoms with van der Waals surface area (Å²) in [5.74, 6) is 0. The fourth-order valence-electron chi connectivity index (χ4n) is 0.860. The predicted molar refractivity (Wildman–Crippen MR) is 38.0 cm³/mol. The van der Waals surface area contributed by atoms with Gasteiger partial charge in [-0.2, -0.15) is 13.2 Å². The first-order valence-corrected chi connectivity index (χ1v) is 3.49. The highest BCUT2D eigenvalue weighted by Crippen LogP contribution is 2.28. The summed E-state index contributed by atoms with van der Waals surface area (Å²) < 4.78 is 36.0. The minimum absolute atomic E-state index is 0. The van der Waals surface area contributed by atoms with Crippen LogP contribution < -0.4 is 29.7 Å². The molecular weight excluding hydrogens is 294 g/mol. The lowest BCUT2D eigenvalue weighted by atomic mass is 10.1. The maximum Gasteiger partial charge on any atom is 0.416 e. The number of hydrogen-bond acceptors (Lipinski definition) is 0. The first-order chi connectivity index (χ1) is 5.54. The molecule has 0 saturated heterocycles. The van der Waals surface area contributed by atoms with Crippen LogP contribution in [0.3, 0.4) is 0 Å². The van der Waals surface area contributed by atoms with Gasteiger partial charge in [-0.25, -0.2) is 0 Å². The Labute approximate surface area is 91.1 Å². The minimum Gasteiger partial charge on any atom is -1.00 e. The Morgan fingerprint density at radius 1 is 1.08 bits per heavy atom. The normalized spacial score (nSPS) is 10.8. The molecule has 1 rings (SSSR count). The molecule has 0 unspecified atom stereocenters. The first-order valence-electron chi connectivity index (χ1n) is 3.49. The van der Waals surface area contributed by atoms with E-state index in [1.165, 1.54) is 12.1 Å². The van der Waals surface area contributed by atoms with Crippen molar-refractivity contribution < 1.29 is 42.9 Å². The summed E-state index contributed by atoms with van der Waals surface area (Å²) in [4.78, 5) is 0. The van der Waals surface area contributed by atoms with Gasteiger partial charge in [0.1, 0.15) is 0 Å². The molecule has 0 fully saturated rings. The summed E-state index contributed by atoms with van der Waals surface area (Å²) in [5, 5.41) is 0. The fraction of sp³-hybridized carbons (Fsp3) is 0.250. The molecule has 1 aromatic carbocycles. The van der Waals surface area contributed by atoms with Crippen molar-refractivity contribution in [2.75, 3.05) is 0 Å². The number of benzene rings is 1. The second-order valence-corrected chi connectivity index (χ2v) is 2.44. The minimum atomic E-state index is -4.24. The number of rotatable bonds is 1. The molecule has 0 aromatic heterocycles. The molecule has 13 heavy (non-hydrogen) atoms. The highest BCUT2D eigenvalue weighted by Gasteiger charge is 2.29. The smallest absolute Gasteiger partial charge is 0.416 e. The third-order valence-electron chi connectivity index (χ3n) is 1.57. The van der Waals surface area contributed by atoms with E-state index in [9.17, 15) is 13.2 Å². The van der Waals surface area contributed by atoms with E-state index < -0.39 is 11.7 Å². The lowest BCUT2D eigenvalue weighted by Gasteiger charge is -2.05. The second kappa shape index (κ2) is 4.80. The van der Waals surface area contributed by atoms with Gasteiger partial charge >= 0.3 is 6.18 Å². The van der Waals surface area contributed by atoms with E-state index >= 15 is 0 Å². The van der Waals surface area contributed by atoms with Crippen LogP contribution in [0, 0.1) is 0 Å². The SMILES string of the molecule is [I-].[NH3+]Cc1ccc(C(F)(F)F)cc1. The van der Waals surface area contributed by atoms with Crippen LogP contribution in [0.1, 0.15) is 11.1 Å². The molecule has 3 N–H and O–H groups in total. The monoisotopic (exact) mass is 303 g/mol. The molecule has 1 aromatic rings. The molecular formula is C8H9F3IN. The van der Waals surface area contributed by atoms with E-state index in [2.05, 4.69) is 5.73 Å². The van der Waals surface area contributed by atoms with Crippen LogP contribution in [0.15, 0.2) is 24.3 Å². The van der Waals surface area contributed by atoms with Crippen LogP contribution in [-0.4, -0.2) is 0 Å². The Bertz CT molecular complexity index is 255. The van der Waals surface area contributed by atoms with Gasteiger partial charge in [-0.1, -0.05) is 12.1 Å². The molecule has 0 aliphatic rings. The average Bonchev–Trinajstić information content (AvgIpc) is 2.03. The molecule has 5 heteroatoms. The zero-order valence-corrected chi connectivity index (χ0v) is 8.89. The zero-order valence-electron chi connectivity index (χ0n) is 6.74. The second-order valence-electron chi connectivity index (χ2n) is 2.44. The van der Waals surface area contributed by atoms with Crippen LogP contribution in [0.2, 0.25) is 0 Å². The molecule has 0 spiro atoms. The molecule has 0 aliphatic heterocycles. The Hall–Kier alpha value is -0.300. The maximum absolute atomic E-state index is 12.0. The van der Waals surface area contributed by atoms with Gasteiger partial charge in [0, 0.05) is 5.56 Å². The van der Waals surface area contributed by atoms with E-state index in [1.54, 1.807) is 0 Å². The number of halogens is 4. The third kappa shape index (κ3) is 3.51. The predicted octanol–water partition coefficient (Wildman–Crippen LogP) is -1.55. The van der Waals surface area contributed by atoms with E-state index in [0.29, 0.717) is 6.54 Å². The topological polar surface area (TPSA) is 27.6 Å². The summed E-state index contributed by atoms with van der Waals surface area (Å²) in [6, 6.07) is 5.02. The van der Waals surface area contributed by atoms with Crippen LogP contribution >= 0.6 is 0 Å². The highest BCUT2D eigenvalue weighted by molar-refractivity contribution is 5.23. The van der Waals surface area contributed by atoms with Crippen LogP contribution in [0.25, 0.3) is 0 Å². The average molecular weight is 303 g/mol.